The maximum Gasteiger partial charge on any atom is 0.275 e. The van der Waals surface area contributed by atoms with E-state index in [1.807, 2.05) is 54.6 Å². The monoisotopic (exact) mass is 547 g/mol. The van der Waals surface area contributed by atoms with Gasteiger partial charge in [-0.1, -0.05) is 48.5 Å². The number of anilines is 2. The zero-order valence-corrected chi connectivity index (χ0v) is 22.3. The lowest BCUT2D eigenvalue weighted by molar-refractivity contribution is -0.186. The molecule has 4 aromatic rings. The predicted molar refractivity (Wildman–Crippen MR) is 155 cm³/mol. The van der Waals surface area contributed by atoms with Gasteiger partial charge in [-0.15, -0.1) is 0 Å². The quantitative estimate of drug-likeness (QED) is 0.209. The molecule has 0 bridgehead atoms. The highest BCUT2D eigenvalue weighted by atomic mass is 16.8. The van der Waals surface area contributed by atoms with Crippen molar-refractivity contribution >= 4 is 29.1 Å². The highest BCUT2D eigenvalue weighted by molar-refractivity contribution is 6.34. The Morgan fingerprint density at radius 1 is 0.829 bits per heavy atom. The average Bonchev–Trinajstić information content (AvgIpc) is 3.29. The third kappa shape index (κ3) is 5.61. The number of carbonyl (C=O) groups is 3. The van der Waals surface area contributed by atoms with E-state index in [1.54, 1.807) is 42.5 Å². The summed E-state index contributed by atoms with van der Waals surface area (Å²) in [5, 5.41) is 3.38. The molecule has 0 spiro atoms. The maximum atomic E-state index is 13.1. The van der Waals surface area contributed by atoms with Gasteiger partial charge in [-0.2, -0.15) is 0 Å². The van der Waals surface area contributed by atoms with Crippen LogP contribution in [-0.4, -0.2) is 30.6 Å². The van der Waals surface area contributed by atoms with E-state index in [1.165, 1.54) is 4.90 Å². The molecule has 1 saturated heterocycles. The first-order chi connectivity index (χ1) is 20.1. The van der Waals surface area contributed by atoms with E-state index in [4.69, 9.17) is 9.57 Å². The number of benzene rings is 4. The number of ether oxygens (including phenoxy) is 1. The molecular weight excluding hydrogens is 518 g/mol. The van der Waals surface area contributed by atoms with Crippen LogP contribution in [0.5, 0.6) is 0 Å². The zero-order chi connectivity index (χ0) is 28.2. The molecule has 6 rings (SSSR count). The van der Waals surface area contributed by atoms with Crippen molar-refractivity contribution in [3.05, 3.63) is 119 Å². The number of amides is 3. The molecular formula is C33H29N3O5. The minimum Gasteiger partial charge on any atom is -0.381 e. The fourth-order valence-corrected chi connectivity index (χ4v) is 5.09. The molecule has 8 heteroatoms. The molecule has 8 nitrogen and oxygen atoms in total. The molecule has 2 aliphatic heterocycles. The topological polar surface area (TPSA) is 97.0 Å². The third-order valence-electron chi connectivity index (χ3n) is 7.25. The number of nitrogens with one attached hydrogen (secondary N) is 2. The summed E-state index contributed by atoms with van der Waals surface area (Å²) in [7, 11) is 0. The van der Waals surface area contributed by atoms with Crippen LogP contribution in [0.3, 0.4) is 0 Å². The Bertz CT molecular complexity index is 1550. The predicted octanol–water partition coefficient (Wildman–Crippen LogP) is 5.95. The SMILES string of the molecule is O=C(NOC1CCCCO1)c1ccc(CNc2ccc(N3C(=O)c4ccccc4C3=O)cc2)cc1-c1ccccc1. The maximum absolute atomic E-state index is 13.1. The van der Waals surface area contributed by atoms with Crippen LogP contribution in [-0.2, 0) is 16.1 Å². The molecule has 3 amide bonds. The van der Waals surface area contributed by atoms with Crippen LogP contribution >= 0.6 is 0 Å². The fourth-order valence-electron chi connectivity index (χ4n) is 5.09. The third-order valence-corrected chi connectivity index (χ3v) is 7.25. The highest BCUT2D eigenvalue weighted by Crippen LogP contribution is 2.30. The van der Waals surface area contributed by atoms with Gasteiger partial charge in [-0.3, -0.25) is 14.4 Å². The number of hydrogen-bond acceptors (Lipinski definition) is 6. The van der Waals surface area contributed by atoms with E-state index in [0.717, 1.165) is 41.6 Å². The Hall–Kier alpha value is -4.79. The van der Waals surface area contributed by atoms with Gasteiger partial charge >= 0.3 is 0 Å². The normalized spacial score (nSPS) is 16.4. The molecule has 1 atom stereocenters. The van der Waals surface area contributed by atoms with Gasteiger partial charge in [-0.05, 0) is 78.1 Å². The van der Waals surface area contributed by atoms with Crippen molar-refractivity contribution in [1.82, 2.24) is 5.48 Å². The van der Waals surface area contributed by atoms with Crippen LogP contribution < -0.4 is 15.7 Å². The van der Waals surface area contributed by atoms with Gasteiger partial charge in [0.25, 0.3) is 17.7 Å². The summed E-state index contributed by atoms with van der Waals surface area (Å²) in [5.41, 5.74) is 7.92. The molecule has 4 aromatic carbocycles. The fraction of sp³-hybridized carbons (Fsp3) is 0.182. The molecule has 41 heavy (non-hydrogen) atoms. The Kier molecular flexibility index (Phi) is 7.58. The first kappa shape index (κ1) is 26.4. The molecule has 206 valence electrons. The van der Waals surface area contributed by atoms with E-state index < -0.39 is 6.29 Å². The van der Waals surface area contributed by atoms with Crippen molar-refractivity contribution in [3.8, 4) is 11.1 Å². The van der Waals surface area contributed by atoms with Gasteiger partial charge in [-0.25, -0.2) is 15.2 Å². The Labute approximate surface area is 237 Å². The van der Waals surface area contributed by atoms with Gasteiger partial charge in [0, 0.05) is 30.8 Å². The number of fused-ring (bicyclic) bond motifs is 1. The van der Waals surface area contributed by atoms with Crippen LogP contribution in [0.2, 0.25) is 0 Å². The number of rotatable bonds is 8. The van der Waals surface area contributed by atoms with Crippen molar-refractivity contribution in [2.45, 2.75) is 32.1 Å². The standard InChI is InChI=1S/C33H29N3O5/c37-31(35-41-30-12-6-7-19-40-30)26-18-13-22(20-29(26)23-8-2-1-3-9-23)21-34-24-14-16-25(17-15-24)36-32(38)27-10-4-5-11-28(27)33(36)39/h1-5,8-11,13-18,20,30,34H,6-7,12,19,21H2,(H,35,37). The minimum absolute atomic E-state index is 0.319. The smallest absolute Gasteiger partial charge is 0.275 e. The van der Waals surface area contributed by atoms with Crippen molar-refractivity contribution in [1.29, 1.82) is 0 Å². The van der Waals surface area contributed by atoms with Crippen LogP contribution in [0.25, 0.3) is 11.1 Å². The summed E-state index contributed by atoms with van der Waals surface area (Å²) < 4.78 is 5.55. The van der Waals surface area contributed by atoms with Gasteiger partial charge in [0.1, 0.15) is 0 Å². The lowest BCUT2D eigenvalue weighted by Crippen LogP contribution is -2.33. The first-order valence-corrected chi connectivity index (χ1v) is 13.7. The second-order valence-corrected chi connectivity index (χ2v) is 9.98. The Balaban J connectivity index is 1.15. The van der Waals surface area contributed by atoms with Crippen LogP contribution in [0.1, 0.15) is 55.9 Å². The number of nitrogens with zero attached hydrogens (tertiary/aromatic N) is 1. The van der Waals surface area contributed by atoms with E-state index in [2.05, 4.69) is 10.8 Å². The van der Waals surface area contributed by atoms with Crippen molar-refractivity contribution in [2.75, 3.05) is 16.8 Å². The molecule has 2 heterocycles. The molecule has 1 unspecified atom stereocenters. The summed E-state index contributed by atoms with van der Waals surface area (Å²) in [6, 6.07) is 29.4. The summed E-state index contributed by atoms with van der Waals surface area (Å²) in [5.74, 6) is -0.970. The van der Waals surface area contributed by atoms with Gasteiger partial charge in [0.15, 0.2) is 6.29 Å². The average molecular weight is 548 g/mol. The molecule has 0 radical (unpaired) electrons. The number of imide groups is 1. The summed E-state index contributed by atoms with van der Waals surface area (Å²) in [4.78, 5) is 45.4. The van der Waals surface area contributed by atoms with Crippen molar-refractivity contribution in [2.24, 2.45) is 0 Å². The minimum atomic E-state index is -0.431. The number of hydrogen-bond donors (Lipinski definition) is 2. The Morgan fingerprint density at radius 3 is 2.22 bits per heavy atom. The molecule has 0 aromatic heterocycles. The Morgan fingerprint density at radius 2 is 1.54 bits per heavy atom. The molecule has 1 fully saturated rings. The zero-order valence-electron chi connectivity index (χ0n) is 22.3. The van der Waals surface area contributed by atoms with Crippen LogP contribution in [0.4, 0.5) is 11.4 Å². The number of carbonyl (C=O) groups excluding carboxylic acids is 3. The van der Waals surface area contributed by atoms with Crippen LogP contribution in [0.15, 0.2) is 97.1 Å². The van der Waals surface area contributed by atoms with E-state index in [-0.39, 0.29) is 17.7 Å². The molecule has 0 aliphatic carbocycles. The van der Waals surface area contributed by atoms with Gasteiger partial charge in [0.2, 0.25) is 0 Å². The van der Waals surface area contributed by atoms with Gasteiger partial charge in [0.05, 0.1) is 16.8 Å². The van der Waals surface area contributed by atoms with Crippen LogP contribution in [0, 0.1) is 0 Å². The van der Waals surface area contributed by atoms with Crippen molar-refractivity contribution < 1.29 is 24.0 Å². The lowest BCUT2D eigenvalue weighted by Gasteiger charge is -2.22. The lowest BCUT2D eigenvalue weighted by atomic mass is 9.96. The first-order valence-electron chi connectivity index (χ1n) is 13.7. The molecule has 2 N–H and O–H groups in total. The second-order valence-electron chi connectivity index (χ2n) is 9.98. The number of hydroxylamine groups is 1. The van der Waals surface area contributed by atoms with Gasteiger partial charge < -0.3 is 10.1 Å². The summed E-state index contributed by atoms with van der Waals surface area (Å²) >= 11 is 0. The van der Waals surface area contributed by atoms with E-state index in [9.17, 15) is 14.4 Å². The highest BCUT2D eigenvalue weighted by Gasteiger charge is 2.36. The van der Waals surface area contributed by atoms with E-state index >= 15 is 0 Å². The molecule has 2 aliphatic rings. The largest absolute Gasteiger partial charge is 0.381 e. The summed E-state index contributed by atoms with van der Waals surface area (Å²) in [6.45, 7) is 1.13. The van der Waals surface area contributed by atoms with E-state index in [0.29, 0.717) is 35.5 Å². The summed E-state index contributed by atoms with van der Waals surface area (Å²) in [6.07, 6.45) is 2.32. The molecule has 0 saturated carbocycles. The van der Waals surface area contributed by atoms with Crippen molar-refractivity contribution in [3.63, 3.8) is 0 Å². The second kappa shape index (κ2) is 11.8.